The summed E-state index contributed by atoms with van der Waals surface area (Å²) in [4.78, 5) is 15.9. The van der Waals surface area contributed by atoms with Gasteiger partial charge in [-0.1, -0.05) is 70.2 Å². The summed E-state index contributed by atoms with van der Waals surface area (Å²) in [5, 5.41) is 3.70. The molecule has 2 aliphatic heterocycles. The van der Waals surface area contributed by atoms with Gasteiger partial charge in [0.2, 0.25) is 0 Å². The summed E-state index contributed by atoms with van der Waals surface area (Å²) in [5.41, 5.74) is 3.64. The third kappa shape index (κ3) is 5.47. The molecule has 184 valence electrons. The first-order chi connectivity index (χ1) is 16.3. The molecule has 0 spiro atoms. The Hall–Kier alpha value is -2.37. The number of hydrogen-bond donors (Lipinski definition) is 1. The number of likely N-dealkylation sites (tertiary alicyclic amines) is 1. The lowest BCUT2D eigenvalue weighted by molar-refractivity contribution is -0.152. The van der Waals surface area contributed by atoms with E-state index in [4.69, 9.17) is 9.47 Å². The Bertz CT molecular complexity index is 969. The van der Waals surface area contributed by atoms with E-state index in [0.717, 1.165) is 37.0 Å². The van der Waals surface area contributed by atoms with Gasteiger partial charge in [0, 0.05) is 18.7 Å². The molecule has 5 heteroatoms. The summed E-state index contributed by atoms with van der Waals surface area (Å²) in [5.74, 6) is 1.50. The van der Waals surface area contributed by atoms with Crippen LogP contribution in [0.25, 0.3) is 0 Å². The van der Waals surface area contributed by atoms with E-state index in [1.807, 2.05) is 6.07 Å². The summed E-state index contributed by atoms with van der Waals surface area (Å²) < 4.78 is 11.6. The van der Waals surface area contributed by atoms with Crippen LogP contribution in [0.4, 0.5) is 0 Å². The Kier molecular flexibility index (Phi) is 7.63. The second-order valence-electron chi connectivity index (χ2n) is 10.9. The van der Waals surface area contributed by atoms with Gasteiger partial charge in [-0.3, -0.25) is 10.1 Å². The average molecular weight is 465 g/mol. The molecule has 4 atom stereocenters. The molecule has 0 bridgehead atoms. The first-order valence-electron chi connectivity index (χ1n) is 12.7. The number of rotatable bonds is 6. The second-order valence-corrected chi connectivity index (χ2v) is 10.9. The van der Waals surface area contributed by atoms with Crippen molar-refractivity contribution >= 4 is 5.91 Å². The van der Waals surface area contributed by atoms with Crippen molar-refractivity contribution in [3.8, 4) is 5.75 Å². The van der Waals surface area contributed by atoms with Crippen molar-refractivity contribution < 1.29 is 14.3 Å². The smallest absolute Gasteiger partial charge is 0.253 e. The molecule has 2 aromatic carbocycles. The van der Waals surface area contributed by atoms with Crippen LogP contribution in [0.3, 0.4) is 0 Å². The quantitative estimate of drug-likeness (QED) is 0.606. The monoisotopic (exact) mass is 464 g/mol. The Morgan fingerprint density at radius 3 is 2.56 bits per heavy atom. The van der Waals surface area contributed by atoms with Gasteiger partial charge in [-0.05, 0) is 54.2 Å². The molecule has 2 fully saturated rings. The SMILES string of the molecule is COc1ccc(C(C)(C)C)cc1CNC1CCC(c2ccccc2)N1C(=O)C1CC(C)CCO1. The van der Waals surface area contributed by atoms with Crippen molar-refractivity contribution in [3.63, 3.8) is 0 Å². The molecule has 34 heavy (non-hydrogen) atoms. The van der Waals surface area contributed by atoms with Crippen molar-refractivity contribution in [2.45, 2.75) is 83.6 Å². The lowest BCUT2D eigenvalue weighted by Gasteiger charge is -2.36. The average Bonchev–Trinajstić information content (AvgIpc) is 3.26. The number of methoxy groups -OCH3 is 1. The van der Waals surface area contributed by atoms with Crippen LogP contribution in [-0.2, 0) is 21.5 Å². The summed E-state index contributed by atoms with van der Waals surface area (Å²) in [6.45, 7) is 10.2. The minimum Gasteiger partial charge on any atom is -0.496 e. The standard InChI is InChI=1S/C29H40N2O3/c1-20-15-16-34-26(17-20)28(32)31-24(21-9-7-6-8-10-21)12-14-27(31)30-19-22-18-23(29(2,3)4)11-13-25(22)33-5/h6-11,13,18,20,24,26-27,30H,12,14-17,19H2,1-5H3. The van der Waals surface area contributed by atoms with E-state index in [1.165, 1.54) is 11.1 Å². The predicted molar refractivity (Wildman–Crippen MR) is 136 cm³/mol. The molecular formula is C29H40N2O3. The van der Waals surface area contributed by atoms with Crippen LogP contribution in [0.1, 0.15) is 76.1 Å². The number of benzene rings is 2. The first kappa shape index (κ1) is 24.7. The van der Waals surface area contributed by atoms with Crippen molar-refractivity contribution in [1.82, 2.24) is 10.2 Å². The van der Waals surface area contributed by atoms with Crippen molar-refractivity contribution in [1.29, 1.82) is 0 Å². The molecule has 1 N–H and O–H groups in total. The highest BCUT2D eigenvalue weighted by atomic mass is 16.5. The van der Waals surface area contributed by atoms with Gasteiger partial charge in [0.05, 0.1) is 19.3 Å². The van der Waals surface area contributed by atoms with Crippen LogP contribution in [0, 0.1) is 5.92 Å². The molecule has 5 nitrogen and oxygen atoms in total. The summed E-state index contributed by atoms with van der Waals surface area (Å²) in [6, 6.07) is 16.9. The fourth-order valence-electron chi connectivity index (χ4n) is 5.23. The van der Waals surface area contributed by atoms with E-state index in [9.17, 15) is 4.79 Å². The lowest BCUT2D eigenvalue weighted by atomic mass is 9.86. The molecule has 2 aromatic rings. The zero-order valence-electron chi connectivity index (χ0n) is 21.3. The number of nitrogens with zero attached hydrogens (tertiary/aromatic N) is 1. The number of ether oxygens (including phenoxy) is 2. The van der Waals surface area contributed by atoms with Crippen LogP contribution in [0.5, 0.6) is 5.75 Å². The minimum absolute atomic E-state index is 0.0402. The third-order valence-corrected chi connectivity index (χ3v) is 7.32. The Labute approximate surface area is 204 Å². The first-order valence-corrected chi connectivity index (χ1v) is 12.7. The van der Waals surface area contributed by atoms with Gasteiger partial charge >= 0.3 is 0 Å². The molecule has 0 radical (unpaired) electrons. The molecule has 2 heterocycles. The highest BCUT2D eigenvalue weighted by molar-refractivity contribution is 5.82. The highest BCUT2D eigenvalue weighted by Gasteiger charge is 2.41. The number of amides is 1. The van der Waals surface area contributed by atoms with Crippen LogP contribution >= 0.6 is 0 Å². The molecule has 0 aromatic heterocycles. The maximum atomic E-state index is 13.8. The molecule has 4 unspecified atom stereocenters. The van der Waals surface area contributed by atoms with E-state index in [2.05, 4.69) is 80.4 Å². The van der Waals surface area contributed by atoms with Gasteiger partial charge in [0.15, 0.2) is 0 Å². The number of nitrogens with one attached hydrogen (secondary N) is 1. The second kappa shape index (κ2) is 10.5. The zero-order chi connectivity index (χ0) is 24.3. The highest BCUT2D eigenvalue weighted by Crippen LogP contribution is 2.37. The summed E-state index contributed by atoms with van der Waals surface area (Å²) in [6.07, 6.45) is 3.28. The molecule has 1 amide bonds. The molecule has 4 rings (SSSR count). The molecule has 2 saturated heterocycles. The maximum absolute atomic E-state index is 13.8. The molecule has 2 aliphatic rings. The van der Waals surface area contributed by atoms with Crippen molar-refractivity contribution in [2.75, 3.05) is 13.7 Å². The largest absolute Gasteiger partial charge is 0.496 e. The Balaban J connectivity index is 1.57. The minimum atomic E-state index is -0.351. The van der Waals surface area contributed by atoms with Gasteiger partial charge in [-0.25, -0.2) is 0 Å². The van der Waals surface area contributed by atoms with Crippen LogP contribution in [0.15, 0.2) is 48.5 Å². The van der Waals surface area contributed by atoms with E-state index >= 15 is 0 Å². The van der Waals surface area contributed by atoms with Gasteiger partial charge in [-0.2, -0.15) is 0 Å². The van der Waals surface area contributed by atoms with Gasteiger partial charge in [-0.15, -0.1) is 0 Å². The summed E-state index contributed by atoms with van der Waals surface area (Å²) in [7, 11) is 1.72. The third-order valence-electron chi connectivity index (χ3n) is 7.32. The topological polar surface area (TPSA) is 50.8 Å². The fraction of sp³-hybridized carbons (Fsp3) is 0.552. The number of hydrogen-bond acceptors (Lipinski definition) is 4. The molecular weight excluding hydrogens is 424 g/mol. The van der Waals surface area contributed by atoms with E-state index in [-0.39, 0.29) is 29.6 Å². The van der Waals surface area contributed by atoms with Gasteiger partial charge in [0.1, 0.15) is 11.9 Å². The van der Waals surface area contributed by atoms with Crippen LogP contribution < -0.4 is 10.1 Å². The van der Waals surface area contributed by atoms with E-state index < -0.39 is 0 Å². The molecule has 0 aliphatic carbocycles. The van der Waals surface area contributed by atoms with Crippen molar-refractivity contribution in [3.05, 3.63) is 65.2 Å². The number of carbonyl (C=O) groups excluding carboxylic acids is 1. The summed E-state index contributed by atoms with van der Waals surface area (Å²) >= 11 is 0. The van der Waals surface area contributed by atoms with Gasteiger partial charge in [0.25, 0.3) is 5.91 Å². The lowest BCUT2D eigenvalue weighted by Crippen LogP contribution is -2.50. The predicted octanol–water partition coefficient (Wildman–Crippen LogP) is 5.59. The van der Waals surface area contributed by atoms with Crippen LogP contribution in [-0.4, -0.2) is 36.8 Å². The Morgan fingerprint density at radius 1 is 1.12 bits per heavy atom. The van der Waals surface area contributed by atoms with E-state index in [1.54, 1.807) is 7.11 Å². The zero-order valence-corrected chi connectivity index (χ0v) is 21.3. The van der Waals surface area contributed by atoms with Crippen molar-refractivity contribution in [2.24, 2.45) is 5.92 Å². The molecule has 0 saturated carbocycles. The number of carbonyl (C=O) groups is 1. The van der Waals surface area contributed by atoms with Gasteiger partial charge < -0.3 is 14.4 Å². The fourth-order valence-corrected chi connectivity index (χ4v) is 5.23. The van der Waals surface area contributed by atoms with E-state index in [0.29, 0.717) is 19.1 Å². The van der Waals surface area contributed by atoms with Crippen LogP contribution in [0.2, 0.25) is 0 Å². The normalized spacial score (nSPS) is 25.4. The Morgan fingerprint density at radius 2 is 1.88 bits per heavy atom. The maximum Gasteiger partial charge on any atom is 0.253 e.